The van der Waals surface area contributed by atoms with Crippen LogP contribution in [0.15, 0.2) is 12.1 Å². The summed E-state index contributed by atoms with van der Waals surface area (Å²) in [7, 11) is -5.47. The molecule has 44 heavy (non-hydrogen) atoms. The average molecular weight is 663 g/mol. The van der Waals surface area contributed by atoms with E-state index in [-0.39, 0.29) is 24.0 Å². The van der Waals surface area contributed by atoms with Crippen LogP contribution in [0.1, 0.15) is 148 Å². The molecule has 10 heteroatoms. The Morgan fingerprint density at radius 1 is 0.705 bits per heavy atom. The number of aryl methyl sites for hydroxylation is 1. The minimum absolute atomic E-state index is 0.290. The summed E-state index contributed by atoms with van der Waals surface area (Å²) in [6, 6.07) is 4.39. The molecule has 0 aliphatic heterocycles. The number of ether oxygens (including phenoxy) is 1. The molecule has 1 atom stereocenters. The van der Waals surface area contributed by atoms with Crippen molar-refractivity contribution in [1.82, 2.24) is 0 Å². The van der Waals surface area contributed by atoms with Gasteiger partial charge in [-0.2, -0.15) is 0 Å². The molecule has 0 saturated carbocycles. The second-order valence-electron chi connectivity index (χ2n) is 14.8. The van der Waals surface area contributed by atoms with E-state index in [0.717, 1.165) is 48.3 Å². The van der Waals surface area contributed by atoms with E-state index in [0.29, 0.717) is 6.61 Å². The number of hydrogen-bond donors (Lipinski definition) is 5. The fourth-order valence-corrected chi connectivity index (χ4v) is 6.41. The summed E-state index contributed by atoms with van der Waals surface area (Å²) in [4.78, 5) is 38.8. The van der Waals surface area contributed by atoms with Crippen molar-refractivity contribution in [3.8, 4) is 0 Å². The van der Waals surface area contributed by atoms with Crippen LogP contribution in [0, 0.1) is 11.3 Å². The highest BCUT2D eigenvalue weighted by Gasteiger charge is 2.46. The van der Waals surface area contributed by atoms with Gasteiger partial charge in [0, 0.05) is 6.61 Å². The largest absolute Gasteiger partial charge is 0.395 e. The molecule has 5 N–H and O–H groups in total. The SMILES string of the molecule is CCc1cc(C(C)(C)C)c(C(OCCCCCCCCCCC(C)C)C(CO)(COP(O)O)COP(O)O)c(C(C)(C)C)c1. The van der Waals surface area contributed by atoms with Gasteiger partial charge in [-0.3, -0.25) is 0 Å². The minimum atomic E-state index is -2.73. The molecule has 0 radical (unpaired) electrons. The predicted octanol–water partition coefficient (Wildman–Crippen LogP) is 8.50. The van der Waals surface area contributed by atoms with Crippen LogP contribution in [0.4, 0.5) is 0 Å². The Hall–Kier alpha value is -0.240. The zero-order valence-corrected chi connectivity index (χ0v) is 30.9. The summed E-state index contributed by atoms with van der Waals surface area (Å²) in [5, 5.41) is 11.0. The number of hydrogen-bond acceptors (Lipinski definition) is 8. The second kappa shape index (κ2) is 20.2. The maximum atomic E-state index is 11.0. The van der Waals surface area contributed by atoms with E-state index in [4.69, 9.17) is 13.8 Å². The third-order valence-corrected chi connectivity index (χ3v) is 9.01. The van der Waals surface area contributed by atoms with Crippen LogP contribution < -0.4 is 0 Å². The topological polar surface area (TPSA) is 129 Å². The summed E-state index contributed by atoms with van der Waals surface area (Å²) in [6.45, 7) is 18.9. The number of aliphatic hydroxyl groups is 1. The number of benzene rings is 1. The quantitative estimate of drug-likeness (QED) is 0.0618. The third-order valence-electron chi connectivity index (χ3n) is 8.29. The Balaban J connectivity index is 3.44. The van der Waals surface area contributed by atoms with E-state index in [1.54, 1.807) is 0 Å². The molecule has 1 aromatic carbocycles. The smallest absolute Gasteiger partial charge is 0.327 e. The third kappa shape index (κ3) is 14.7. The van der Waals surface area contributed by atoms with Gasteiger partial charge >= 0.3 is 17.2 Å². The van der Waals surface area contributed by atoms with Crippen LogP contribution in [-0.2, 0) is 31.0 Å². The molecule has 0 aliphatic rings. The molecule has 1 aromatic rings. The normalized spacial score (nSPS) is 13.9. The van der Waals surface area contributed by atoms with E-state index in [1.165, 1.54) is 44.1 Å². The van der Waals surface area contributed by atoms with Crippen molar-refractivity contribution in [2.75, 3.05) is 26.4 Å². The number of unbranched alkanes of at least 4 members (excludes halogenated alkanes) is 7. The van der Waals surface area contributed by atoms with E-state index in [9.17, 15) is 24.7 Å². The lowest BCUT2D eigenvalue weighted by molar-refractivity contribution is -0.111. The summed E-state index contributed by atoms with van der Waals surface area (Å²) in [5.74, 6) is 0.773. The lowest BCUT2D eigenvalue weighted by Gasteiger charge is -2.43. The molecular formula is C34H64O8P2. The lowest BCUT2D eigenvalue weighted by atomic mass is 9.69. The van der Waals surface area contributed by atoms with Crippen LogP contribution in [0.25, 0.3) is 0 Å². The molecule has 1 rings (SSSR count). The van der Waals surface area contributed by atoms with Gasteiger partial charge in [0.1, 0.15) is 0 Å². The lowest BCUT2D eigenvalue weighted by Crippen LogP contribution is -2.44. The van der Waals surface area contributed by atoms with Crippen molar-refractivity contribution < 1.29 is 38.5 Å². The Morgan fingerprint density at radius 3 is 1.50 bits per heavy atom. The Kier molecular flexibility index (Phi) is 19.2. The van der Waals surface area contributed by atoms with Gasteiger partial charge in [0.15, 0.2) is 0 Å². The Labute approximate surface area is 270 Å². The van der Waals surface area contributed by atoms with E-state index in [1.807, 2.05) is 0 Å². The first-order valence-corrected chi connectivity index (χ1v) is 18.8. The summed E-state index contributed by atoms with van der Waals surface area (Å²) in [5.41, 5.74) is 2.30. The van der Waals surface area contributed by atoms with Gasteiger partial charge in [0.25, 0.3) is 0 Å². The number of aliphatic hydroxyl groups excluding tert-OH is 1. The molecule has 0 aliphatic carbocycles. The van der Waals surface area contributed by atoms with Crippen molar-refractivity contribution in [3.63, 3.8) is 0 Å². The van der Waals surface area contributed by atoms with Gasteiger partial charge < -0.3 is 38.5 Å². The molecule has 8 nitrogen and oxygen atoms in total. The molecule has 0 aromatic heterocycles. The molecule has 0 heterocycles. The van der Waals surface area contributed by atoms with Gasteiger partial charge in [-0.25, -0.2) is 0 Å². The molecule has 0 saturated heterocycles. The van der Waals surface area contributed by atoms with Gasteiger partial charge in [0.2, 0.25) is 0 Å². The molecule has 0 amide bonds. The summed E-state index contributed by atoms with van der Waals surface area (Å²) in [6.07, 6.45) is 10.7. The van der Waals surface area contributed by atoms with Crippen LogP contribution in [0.3, 0.4) is 0 Å². The van der Waals surface area contributed by atoms with Crippen molar-refractivity contribution >= 4 is 17.2 Å². The second-order valence-corrected chi connectivity index (χ2v) is 16.3. The first kappa shape index (κ1) is 41.8. The zero-order chi connectivity index (χ0) is 33.6. The summed E-state index contributed by atoms with van der Waals surface area (Å²) < 4.78 is 17.4. The molecule has 0 fully saturated rings. The van der Waals surface area contributed by atoms with Gasteiger partial charge in [-0.05, 0) is 51.8 Å². The van der Waals surface area contributed by atoms with Gasteiger partial charge in [-0.1, -0.05) is 126 Å². The zero-order valence-electron chi connectivity index (χ0n) is 29.1. The standard InChI is InChI=1S/C34H64O8P2/c1-10-27-21-28(32(4,5)6)30(29(22-27)33(7,8)9)31(34(23-35,24-41-43(36)37)25-42-44(38)39)40-20-18-16-14-12-11-13-15-17-19-26(2)3/h21-22,26,31,35-39H,10-20,23-25H2,1-9H3. The highest BCUT2D eigenvalue weighted by atomic mass is 31.2. The first-order valence-electron chi connectivity index (χ1n) is 16.5. The van der Waals surface area contributed by atoms with Gasteiger partial charge in [0.05, 0.1) is 31.3 Å². The molecule has 0 spiro atoms. The fraction of sp³-hybridized carbons (Fsp3) is 0.824. The molecular weight excluding hydrogens is 598 g/mol. The fourth-order valence-electron chi connectivity index (χ4n) is 5.66. The Morgan fingerprint density at radius 2 is 1.14 bits per heavy atom. The van der Waals surface area contributed by atoms with Crippen LogP contribution >= 0.6 is 17.2 Å². The monoisotopic (exact) mass is 662 g/mol. The maximum Gasteiger partial charge on any atom is 0.327 e. The van der Waals surface area contributed by atoms with Crippen LogP contribution in [0.5, 0.6) is 0 Å². The minimum Gasteiger partial charge on any atom is -0.395 e. The van der Waals surface area contributed by atoms with E-state index >= 15 is 0 Å². The van der Waals surface area contributed by atoms with Crippen molar-refractivity contribution in [1.29, 1.82) is 0 Å². The van der Waals surface area contributed by atoms with Crippen LogP contribution in [0.2, 0.25) is 0 Å². The van der Waals surface area contributed by atoms with Crippen molar-refractivity contribution in [2.24, 2.45) is 11.3 Å². The highest BCUT2D eigenvalue weighted by molar-refractivity contribution is 7.39. The van der Waals surface area contributed by atoms with Crippen LogP contribution in [-0.4, -0.2) is 51.1 Å². The van der Waals surface area contributed by atoms with Crippen molar-refractivity contribution in [3.05, 3.63) is 34.4 Å². The first-order chi connectivity index (χ1) is 20.5. The molecule has 0 bridgehead atoms. The average Bonchev–Trinajstić information content (AvgIpc) is 2.92. The van der Waals surface area contributed by atoms with Gasteiger partial charge in [-0.15, -0.1) is 0 Å². The predicted molar refractivity (Wildman–Crippen MR) is 182 cm³/mol. The highest BCUT2D eigenvalue weighted by Crippen LogP contribution is 2.49. The number of rotatable bonds is 22. The maximum absolute atomic E-state index is 11.0. The Bertz CT molecular complexity index is 878. The molecule has 1 unspecified atom stereocenters. The molecule has 258 valence electrons. The van der Waals surface area contributed by atoms with Crippen molar-refractivity contribution in [2.45, 2.75) is 143 Å². The summed E-state index contributed by atoms with van der Waals surface area (Å²) >= 11 is 0. The van der Waals surface area contributed by atoms with E-state index in [2.05, 4.69) is 74.4 Å². The van der Waals surface area contributed by atoms with E-state index < -0.39 is 35.3 Å².